The molecule has 1 heterocycles. The van der Waals surface area contributed by atoms with Gasteiger partial charge >= 0.3 is 0 Å². The van der Waals surface area contributed by atoms with Crippen molar-refractivity contribution in [1.29, 1.82) is 0 Å². The molecule has 0 spiro atoms. The Bertz CT molecular complexity index is 429. The highest BCUT2D eigenvalue weighted by molar-refractivity contribution is 7.99. The third kappa shape index (κ3) is 2.91. The zero-order valence-corrected chi connectivity index (χ0v) is 12.3. The fraction of sp³-hybridized carbons (Fsp3) is 0.643. The van der Waals surface area contributed by atoms with Gasteiger partial charge in [-0.05, 0) is 37.7 Å². The first kappa shape index (κ1) is 13.5. The summed E-state index contributed by atoms with van der Waals surface area (Å²) in [5, 5.41) is 0.00730. The van der Waals surface area contributed by atoms with Crippen LogP contribution in [0.15, 0.2) is 16.5 Å². The van der Waals surface area contributed by atoms with E-state index in [0.29, 0.717) is 12.5 Å². The summed E-state index contributed by atoms with van der Waals surface area (Å²) in [4.78, 5) is 13.7. The molecule has 18 heavy (non-hydrogen) atoms. The molecule has 0 radical (unpaired) electrons. The number of amides is 1. The first-order chi connectivity index (χ1) is 8.52. The fourth-order valence-electron chi connectivity index (χ4n) is 2.12. The first-order valence-corrected chi connectivity index (χ1v) is 7.68. The van der Waals surface area contributed by atoms with Gasteiger partial charge in [0.2, 0.25) is 5.91 Å². The zero-order valence-electron chi connectivity index (χ0n) is 11.5. The fourth-order valence-corrected chi connectivity index (χ4v) is 2.50. The predicted octanol–water partition coefficient (Wildman–Crippen LogP) is 3.11. The van der Waals surface area contributed by atoms with Crippen LogP contribution in [-0.2, 0) is 11.3 Å². The predicted molar refractivity (Wildman–Crippen MR) is 74.7 cm³/mol. The Morgan fingerprint density at radius 1 is 1.61 bits per heavy atom. The summed E-state index contributed by atoms with van der Waals surface area (Å²) in [5.74, 6) is 3.47. The molecule has 0 aromatic carbocycles. The molecule has 3 unspecified atom stereocenters. The minimum Gasteiger partial charge on any atom is -0.464 e. The van der Waals surface area contributed by atoms with Crippen LogP contribution in [0.2, 0.25) is 0 Å². The Morgan fingerprint density at radius 2 is 2.28 bits per heavy atom. The number of furan rings is 1. The number of rotatable bonds is 5. The van der Waals surface area contributed by atoms with Crippen molar-refractivity contribution >= 4 is 17.7 Å². The monoisotopic (exact) mass is 267 g/mol. The molecule has 100 valence electrons. The van der Waals surface area contributed by atoms with Crippen molar-refractivity contribution in [2.24, 2.45) is 5.92 Å². The highest BCUT2D eigenvalue weighted by Crippen LogP contribution is 2.47. The molecular weight excluding hydrogens is 246 g/mol. The molecule has 4 heteroatoms. The largest absolute Gasteiger partial charge is 0.464 e. The molecule has 1 aliphatic carbocycles. The molecule has 3 atom stereocenters. The third-order valence-electron chi connectivity index (χ3n) is 3.63. The molecule has 0 N–H and O–H groups in total. The topological polar surface area (TPSA) is 33.5 Å². The molecule has 1 fully saturated rings. The quantitative estimate of drug-likeness (QED) is 0.822. The lowest BCUT2D eigenvalue weighted by Crippen LogP contribution is -2.32. The molecule has 1 aromatic heterocycles. The Kier molecular flexibility index (Phi) is 4.05. The van der Waals surface area contributed by atoms with Crippen LogP contribution >= 0.6 is 11.8 Å². The number of hydrogen-bond acceptors (Lipinski definition) is 3. The average Bonchev–Trinajstić information content (AvgIpc) is 2.90. The Hall–Kier alpha value is -0.900. The molecule has 3 nitrogen and oxygen atoms in total. The summed E-state index contributed by atoms with van der Waals surface area (Å²) in [7, 11) is 1.83. The second kappa shape index (κ2) is 5.39. The number of thioether (sulfide) groups is 1. The van der Waals surface area contributed by atoms with E-state index in [1.165, 1.54) is 6.42 Å². The van der Waals surface area contributed by atoms with Crippen LogP contribution in [0.3, 0.4) is 0 Å². The van der Waals surface area contributed by atoms with Crippen LogP contribution in [-0.4, -0.2) is 29.4 Å². The van der Waals surface area contributed by atoms with E-state index < -0.39 is 0 Å². The summed E-state index contributed by atoms with van der Waals surface area (Å²) in [5.41, 5.74) is 0. The smallest absolute Gasteiger partial charge is 0.235 e. The Morgan fingerprint density at radius 3 is 2.83 bits per heavy atom. The zero-order chi connectivity index (χ0) is 13.3. The lowest BCUT2D eigenvalue weighted by atomic mass is 10.3. The number of nitrogens with zero attached hydrogens (tertiary/aromatic N) is 1. The standard InChI is InChI=1S/C14H21NO2S/c1-9-7-12(9)13-6-5-11(17-13)8-15(3)14(16)10(2)18-4/h5-6,9-10,12H,7-8H2,1-4H3. The maximum absolute atomic E-state index is 11.9. The van der Waals surface area contributed by atoms with Crippen molar-refractivity contribution < 1.29 is 9.21 Å². The Labute approximate surface area is 113 Å². The summed E-state index contributed by atoms with van der Waals surface area (Å²) in [6, 6.07) is 4.05. The van der Waals surface area contributed by atoms with Gasteiger partial charge in [0.15, 0.2) is 0 Å². The Balaban J connectivity index is 1.92. The number of carbonyl (C=O) groups excluding carboxylic acids is 1. The van der Waals surface area contributed by atoms with E-state index in [9.17, 15) is 4.79 Å². The normalized spacial score (nSPS) is 23.8. The van der Waals surface area contributed by atoms with Crippen molar-refractivity contribution in [1.82, 2.24) is 4.90 Å². The van der Waals surface area contributed by atoms with Gasteiger partial charge in [0, 0.05) is 13.0 Å². The van der Waals surface area contributed by atoms with Crippen LogP contribution in [0, 0.1) is 5.92 Å². The molecule has 1 aliphatic rings. The molecule has 0 aliphatic heterocycles. The van der Waals surface area contributed by atoms with E-state index in [1.807, 2.05) is 26.3 Å². The molecule has 2 rings (SSSR count). The van der Waals surface area contributed by atoms with Gasteiger partial charge in [0.05, 0.1) is 11.8 Å². The summed E-state index contributed by atoms with van der Waals surface area (Å²) < 4.78 is 5.81. The maximum Gasteiger partial charge on any atom is 0.235 e. The van der Waals surface area contributed by atoms with Crippen LogP contribution in [0.25, 0.3) is 0 Å². The second-order valence-corrected chi connectivity index (χ2v) is 6.37. The summed E-state index contributed by atoms with van der Waals surface area (Å²) in [6.45, 7) is 4.73. The highest BCUT2D eigenvalue weighted by atomic mass is 32.2. The van der Waals surface area contributed by atoms with Crippen molar-refractivity contribution in [3.63, 3.8) is 0 Å². The van der Waals surface area contributed by atoms with Crippen LogP contribution in [0.4, 0.5) is 0 Å². The number of carbonyl (C=O) groups is 1. The average molecular weight is 267 g/mol. The highest BCUT2D eigenvalue weighted by Gasteiger charge is 2.36. The van der Waals surface area contributed by atoms with Crippen molar-refractivity contribution in [3.05, 3.63) is 23.7 Å². The lowest BCUT2D eigenvalue weighted by molar-refractivity contribution is -0.129. The van der Waals surface area contributed by atoms with Gasteiger partial charge in [-0.3, -0.25) is 4.79 Å². The molecule has 0 bridgehead atoms. The van der Waals surface area contributed by atoms with Crippen LogP contribution in [0.1, 0.15) is 37.7 Å². The molecule has 1 aromatic rings. The minimum absolute atomic E-state index is 0.00730. The van der Waals surface area contributed by atoms with Gasteiger partial charge in [-0.15, -0.1) is 0 Å². The minimum atomic E-state index is 0.00730. The molecular formula is C14H21NO2S. The van der Waals surface area contributed by atoms with E-state index in [2.05, 4.69) is 13.0 Å². The maximum atomic E-state index is 11.9. The summed E-state index contributed by atoms with van der Waals surface area (Å²) in [6.07, 6.45) is 3.18. The van der Waals surface area contributed by atoms with E-state index in [-0.39, 0.29) is 11.2 Å². The van der Waals surface area contributed by atoms with Gasteiger partial charge in [-0.2, -0.15) is 11.8 Å². The van der Waals surface area contributed by atoms with Gasteiger partial charge in [0.1, 0.15) is 11.5 Å². The number of hydrogen-bond donors (Lipinski definition) is 0. The lowest BCUT2D eigenvalue weighted by Gasteiger charge is -2.19. The van der Waals surface area contributed by atoms with E-state index in [0.717, 1.165) is 17.4 Å². The SMILES string of the molecule is CSC(C)C(=O)N(C)Cc1ccc(C2CC2C)o1. The van der Waals surface area contributed by atoms with Gasteiger partial charge in [-0.25, -0.2) is 0 Å². The van der Waals surface area contributed by atoms with Crippen LogP contribution in [0.5, 0.6) is 0 Å². The van der Waals surface area contributed by atoms with E-state index >= 15 is 0 Å². The second-order valence-electron chi connectivity index (χ2n) is 5.20. The molecule has 0 saturated heterocycles. The van der Waals surface area contributed by atoms with Gasteiger partial charge in [0.25, 0.3) is 0 Å². The van der Waals surface area contributed by atoms with Crippen molar-refractivity contribution in [3.8, 4) is 0 Å². The molecule has 1 saturated carbocycles. The van der Waals surface area contributed by atoms with Crippen molar-refractivity contribution in [2.75, 3.05) is 13.3 Å². The van der Waals surface area contributed by atoms with Crippen molar-refractivity contribution in [2.45, 2.75) is 38.0 Å². The van der Waals surface area contributed by atoms with E-state index in [1.54, 1.807) is 16.7 Å². The van der Waals surface area contributed by atoms with Crippen LogP contribution < -0.4 is 0 Å². The first-order valence-electron chi connectivity index (χ1n) is 6.39. The van der Waals surface area contributed by atoms with Gasteiger partial charge in [-0.1, -0.05) is 6.92 Å². The third-order valence-corrected chi connectivity index (χ3v) is 4.54. The molecule has 1 amide bonds. The summed E-state index contributed by atoms with van der Waals surface area (Å²) >= 11 is 1.57. The van der Waals surface area contributed by atoms with Gasteiger partial charge < -0.3 is 9.32 Å². The van der Waals surface area contributed by atoms with E-state index in [4.69, 9.17) is 4.42 Å².